The molecule has 0 bridgehead atoms. The lowest BCUT2D eigenvalue weighted by Crippen LogP contribution is -2.25. The van der Waals surface area contributed by atoms with E-state index >= 15 is 0 Å². The number of esters is 1. The lowest BCUT2D eigenvalue weighted by molar-refractivity contribution is 0.0296. The van der Waals surface area contributed by atoms with Crippen molar-refractivity contribution in [2.45, 2.75) is 26.4 Å². The summed E-state index contributed by atoms with van der Waals surface area (Å²) < 4.78 is 5.05. The SMILES string of the molecule is Cc1ccc(O)c2c1C[C@@H](C)OC2=O. The first kappa shape index (κ1) is 9.06. The molecule has 0 aliphatic carbocycles. The van der Waals surface area contributed by atoms with E-state index in [9.17, 15) is 9.90 Å². The fraction of sp³-hybridized carbons (Fsp3) is 0.364. The third-order valence-electron chi connectivity index (χ3n) is 2.53. The summed E-state index contributed by atoms with van der Waals surface area (Å²) in [6.07, 6.45) is 0.580. The summed E-state index contributed by atoms with van der Waals surface area (Å²) in [6, 6.07) is 3.35. The van der Waals surface area contributed by atoms with Crippen molar-refractivity contribution in [1.82, 2.24) is 0 Å². The highest BCUT2D eigenvalue weighted by molar-refractivity contribution is 5.95. The van der Waals surface area contributed by atoms with Gasteiger partial charge in [-0.25, -0.2) is 4.79 Å². The summed E-state index contributed by atoms with van der Waals surface area (Å²) in [5.41, 5.74) is 2.28. The van der Waals surface area contributed by atoms with Crippen LogP contribution in [0.5, 0.6) is 5.75 Å². The van der Waals surface area contributed by atoms with Crippen molar-refractivity contribution in [1.29, 1.82) is 0 Å². The average molecular weight is 192 g/mol. The Hall–Kier alpha value is -1.51. The number of carbonyl (C=O) groups excluding carboxylic acids is 1. The van der Waals surface area contributed by atoms with Gasteiger partial charge in [-0.2, -0.15) is 0 Å². The van der Waals surface area contributed by atoms with Gasteiger partial charge < -0.3 is 9.84 Å². The second-order valence-electron chi connectivity index (χ2n) is 3.68. The van der Waals surface area contributed by atoms with Gasteiger partial charge in [0.2, 0.25) is 0 Å². The van der Waals surface area contributed by atoms with E-state index < -0.39 is 5.97 Å². The van der Waals surface area contributed by atoms with Gasteiger partial charge in [0.15, 0.2) is 0 Å². The van der Waals surface area contributed by atoms with Gasteiger partial charge in [-0.3, -0.25) is 0 Å². The van der Waals surface area contributed by atoms with Gasteiger partial charge in [-0.05, 0) is 31.0 Å². The van der Waals surface area contributed by atoms with Crippen molar-refractivity contribution in [2.24, 2.45) is 0 Å². The zero-order chi connectivity index (χ0) is 10.3. The number of aromatic hydroxyl groups is 1. The number of rotatable bonds is 0. The molecule has 74 valence electrons. The molecule has 14 heavy (non-hydrogen) atoms. The Labute approximate surface area is 82.3 Å². The molecule has 0 spiro atoms. The minimum absolute atomic E-state index is 0.0162. The standard InChI is InChI=1S/C11H12O3/c1-6-3-4-9(12)10-8(6)5-7(2)14-11(10)13/h3-4,7,12H,5H2,1-2H3/t7-/m1/s1. The number of fused-ring (bicyclic) bond motifs is 1. The molecule has 1 atom stereocenters. The molecule has 1 aromatic carbocycles. The van der Waals surface area contributed by atoms with Crippen LogP contribution in [0.15, 0.2) is 12.1 Å². The molecule has 3 nitrogen and oxygen atoms in total. The van der Waals surface area contributed by atoms with Crippen molar-refractivity contribution in [3.63, 3.8) is 0 Å². The average Bonchev–Trinajstić information content (AvgIpc) is 2.10. The van der Waals surface area contributed by atoms with Crippen LogP contribution in [0.1, 0.15) is 28.4 Å². The zero-order valence-corrected chi connectivity index (χ0v) is 8.20. The van der Waals surface area contributed by atoms with E-state index in [2.05, 4.69) is 0 Å². The smallest absolute Gasteiger partial charge is 0.342 e. The minimum atomic E-state index is -0.417. The molecule has 1 heterocycles. The largest absolute Gasteiger partial charge is 0.507 e. The molecule has 0 fully saturated rings. The number of benzene rings is 1. The van der Waals surface area contributed by atoms with Crippen LogP contribution in [-0.2, 0) is 11.2 Å². The molecule has 3 heteroatoms. The van der Waals surface area contributed by atoms with E-state index in [4.69, 9.17) is 4.74 Å². The Morgan fingerprint density at radius 3 is 2.93 bits per heavy atom. The van der Waals surface area contributed by atoms with Crippen LogP contribution in [0.25, 0.3) is 0 Å². The normalized spacial score (nSPS) is 20.1. The van der Waals surface area contributed by atoms with Crippen molar-refractivity contribution in [3.05, 3.63) is 28.8 Å². The molecule has 1 N–H and O–H groups in total. The zero-order valence-electron chi connectivity index (χ0n) is 8.20. The molecule has 1 aliphatic heterocycles. The van der Waals surface area contributed by atoms with Crippen LogP contribution in [-0.4, -0.2) is 17.2 Å². The van der Waals surface area contributed by atoms with Gasteiger partial charge in [-0.15, -0.1) is 0 Å². The van der Waals surface area contributed by atoms with E-state index in [1.165, 1.54) is 6.07 Å². The van der Waals surface area contributed by atoms with Gasteiger partial charge in [0.1, 0.15) is 17.4 Å². The van der Waals surface area contributed by atoms with E-state index in [-0.39, 0.29) is 11.9 Å². The Morgan fingerprint density at radius 1 is 1.50 bits per heavy atom. The van der Waals surface area contributed by atoms with Gasteiger partial charge in [0.25, 0.3) is 0 Å². The second-order valence-corrected chi connectivity index (χ2v) is 3.68. The lowest BCUT2D eigenvalue weighted by Gasteiger charge is -2.23. The lowest BCUT2D eigenvalue weighted by atomic mass is 9.94. The Morgan fingerprint density at radius 2 is 2.21 bits per heavy atom. The highest BCUT2D eigenvalue weighted by Gasteiger charge is 2.27. The van der Waals surface area contributed by atoms with Crippen molar-refractivity contribution in [2.75, 3.05) is 0 Å². The van der Waals surface area contributed by atoms with E-state index in [1.54, 1.807) is 0 Å². The summed E-state index contributed by atoms with van der Waals surface area (Å²) in [5.74, 6) is -0.401. The van der Waals surface area contributed by atoms with Crippen LogP contribution < -0.4 is 0 Å². The van der Waals surface area contributed by atoms with Crippen LogP contribution >= 0.6 is 0 Å². The number of ether oxygens (including phenoxy) is 1. The molecule has 1 aromatic rings. The summed E-state index contributed by atoms with van der Waals surface area (Å²) in [4.78, 5) is 11.5. The number of aryl methyl sites for hydroxylation is 1. The third kappa shape index (κ3) is 1.25. The number of hydrogen-bond donors (Lipinski definition) is 1. The van der Waals surface area contributed by atoms with Gasteiger partial charge >= 0.3 is 5.97 Å². The van der Waals surface area contributed by atoms with E-state index in [1.807, 2.05) is 19.9 Å². The predicted octanol–water partition coefficient (Wildman–Crippen LogP) is 1.80. The number of cyclic esters (lactones) is 1. The van der Waals surface area contributed by atoms with Gasteiger partial charge in [0, 0.05) is 6.42 Å². The molecule has 0 unspecified atom stereocenters. The summed E-state index contributed by atoms with van der Waals surface area (Å²) >= 11 is 0. The molecule has 0 saturated carbocycles. The van der Waals surface area contributed by atoms with Gasteiger partial charge in [-0.1, -0.05) is 6.07 Å². The summed E-state index contributed by atoms with van der Waals surface area (Å²) in [6.45, 7) is 3.79. The molecular weight excluding hydrogens is 180 g/mol. The molecule has 0 radical (unpaired) electrons. The molecular formula is C11H12O3. The van der Waals surface area contributed by atoms with E-state index in [0.717, 1.165) is 11.1 Å². The van der Waals surface area contributed by atoms with Crippen LogP contribution in [0.3, 0.4) is 0 Å². The topological polar surface area (TPSA) is 46.5 Å². The summed E-state index contributed by atoms with van der Waals surface area (Å²) in [5, 5.41) is 9.54. The van der Waals surface area contributed by atoms with Gasteiger partial charge in [0.05, 0.1) is 0 Å². The van der Waals surface area contributed by atoms with E-state index in [0.29, 0.717) is 12.0 Å². The fourth-order valence-electron chi connectivity index (χ4n) is 1.80. The fourth-order valence-corrected chi connectivity index (χ4v) is 1.80. The minimum Gasteiger partial charge on any atom is -0.507 e. The van der Waals surface area contributed by atoms with Crippen LogP contribution in [0.4, 0.5) is 0 Å². The molecule has 0 amide bonds. The molecule has 0 aromatic heterocycles. The number of carbonyl (C=O) groups is 1. The molecule has 2 rings (SSSR count). The van der Waals surface area contributed by atoms with Crippen LogP contribution in [0.2, 0.25) is 0 Å². The first-order valence-corrected chi connectivity index (χ1v) is 4.62. The Kier molecular flexibility index (Phi) is 1.95. The predicted molar refractivity (Wildman–Crippen MR) is 51.4 cm³/mol. The monoisotopic (exact) mass is 192 g/mol. The highest BCUT2D eigenvalue weighted by atomic mass is 16.5. The first-order chi connectivity index (χ1) is 6.59. The second kappa shape index (κ2) is 3.01. The molecule has 1 aliphatic rings. The quantitative estimate of drug-likeness (QED) is 0.637. The highest BCUT2D eigenvalue weighted by Crippen LogP contribution is 2.30. The number of phenolic OH excluding ortho intramolecular Hbond substituents is 1. The van der Waals surface area contributed by atoms with Crippen molar-refractivity contribution in [3.8, 4) is 5.75 Å². The Balaban J connectivity index is 2.63. The maximum Gasteiger partial charge on any atom is 0.342 e. The molecule has 0 saturated heterocycles. The Bertz CT molecular complexity index is 396. The summed E-state index contributed by atoms with van der Waals surface area (Å²) in [7, 11) is 0. The maximum atomic E-state index is 11.5. The van der Waals surface area contributed by atoms with Crippen molar-refractivity contribution >= 4 is 5.97 Å². The number of phenols is 1. The maximum absolute atomic E-state index is 11.5. The number of hydrogen-bond acceptors (Lipinski definition) is 3. The van der Waals surface area contributed by atoms with Crippen molar-refractivity contribution < 1.29 is 14.6 Å². The third-order valence-corrected chi connectivity index (χ3v) is 2.53. The first-order valence-electron chi connectivity index (χ1n) is 4.62. The van der Waals surface area contributed by atoms with Crippen LogP contribution in [0, 0.1) is 6.92 Å².